The lowest BCUT2D eigenvalue weighted by atomic mass is 9.94. The molecule has 1 aromatic heterocycles. The summed E-state index contributed by atoms with van der Waals surface area (Å²) in [4.78, 5) is 21.5. The van der Waals surface area contributed by atoms with Gasteiger partial charge in [0, 0.05) is 51.2 Å². The van der Waals surface area contributed by atoms with Crippen LogP contribution in [0.25, 0.3) is 10.4 Å². The molecule has 2 unspecified atom stereocenters. The maximum Gasteiger partial charge on any atom is 0.245 e. The predicted octanol–water partition coefficient (Wildman–Crippen LogP) is 5.23. The van der Waals surface area contributed by atoms with Crippen LogP contribution in [0, 0.1) is 0 Å². The Labute approximate surface area is 194 Å². The lowest BCUT2D eigenvalue weighted by Gasteiger charge is -2.35. The van der Waals surface area contributed by atoms with Crippen molar-refractivity contribution in [1.29, 1.82) is 0 Å². The van der Waals surface area contributed by atoms with E-state index in [0.717, 1.165) is 48.3 Å². The van der Waals surface area contributed by atoms with Gasteiger partial charge in [-0.2, -0.15) is 0 Å². The Morgan fingerprint density at radius 1 is 1.19 bits per heavy atom. The van der Waals surface area contributed by atoms with Crippen LogP contribution >= 0.6 is 23.1 Å². The number of nitrogens with one attached hydrogen (secondary N) is 1. The molecule has 1 amide bonds. The van der Waals surface area contributed by atoms with E-state index in [4.69, 9.17) is 9.57 Å². The largest absolute Gasteiger partial charge is 0.350 e. The summed E-state index contributed by atoms with van der Waals surface area (Å²) in [5, 5.41) is 0. The Morgan fingerprint density at radius 3 is 2.71 bits per heavy atom. The maximum absolute atomic E-state index is 12.8. The van der Waals surface area contributed by atoms with E-state index in [2.05, 4.69) is 17.6 Å². The molecular formula is C23H29NO4S3. The monoisotopic (exact) mass is 479 g/mol. The van der Waals surface area contributed by atoms with Crippen LogP contribution in [-0.4, -0.2) is 35.0 Å². The first-order valence-corrected chi connectivity index (χ1v) is 14.2. The molecule has 0 aliphatic carbocycles. The van der Waals surface area contributed by atoms with Gasteiger partial charge in [-0.05, 0) is 61.3 Å². The molecule has 1 N–H and O–H groups in total. The number of carbonyl (C=O) groups excluding carboxylic acids is 1. The minimum absolute atomic E-state index is 0.0895. The molecule has 2 aromatic rings. The van der Waals surface area contributed by atoms with E-state index >= 15 is 0 Å². The standard InChI is InChI=1S/C23H29NO4S3/c1-31(26)18-9-7-17(8-10-18)19-11-12-20(30-19)23(13-3-5-15-29-23)16-21(25)24-28-22-6-2-4-14-27-22/h7-12,22H,2-6,13-16H2,1H3,(H,24,25)/t22?,23-,31?/m0/s1. The Hall–Kier alpha value is -1.19. The molecule has 168 valence electrons. The number of amides is 1. The molecule has 31 heavy (non-hydrogen) atoms. The van der Waals surface area contributed by atoms with Crippen LogP contribution in [0.1, 0.15) is 49.8 Å². The van der Waals surface area contributed by atoms with Gasteiger partial charge in [-0.1, -0.05) is 18.6 Å². The Morgan fingerprint density at radius 2 is 2.03 bits per heavy atom. The maximum atomic E-state index is 12.8. The molecule has 5 nitrogen and oxygen atoms in total. The third kappa shape index (κ3) is 5.79. The third-order valence-corrected chi connectivity index (χ3v) is 9.78. The van der Waals surface area contributed by atoms with Crippen LogP contribution in [0.3, 0.4) is 0 Å². The minimum Gasteiger partial charge on any atom is -0.350 e. The van der Waals surface area contributed by atoms with E-state index in [1.807, 2.05) is 36.0 Å². The number of thioether (sulfide) groups is 1. The number of hydroxylamine groups is 1. The van der Waals surface area contributed by atoms with E-state index in [0.29, 0.717) is 13.0 Å². The van der Waals surface area contributed by atoms with Crippen LogP contribution in [0.2, 0.25) is 0 Å². The van der Waals surface area contributed by atoms with Crippen molar-refractivity contribution in [1.82, 2.24) is 5.48 Å². The zero-order chi connectivity index (χ0) is 21.7. The summed E-state index contributed by atoms with van der Waals surface area (Å²) >= 11 is 3.64. The quantitative estimate of drug-likeness (QED) is 0.551. The first-order valence-electron chi connectivity index (χ1n) is 10.8. The molecule has 0 bridgehead atoms. The van der Waals surface area contributed by atoms with Gasteiger partial charge >= 0.3 is 0 Å². The van der Waals surface area contributed by atoms with Crippen molar-refractivity contribution in [2.45, 2.75) is 60.9 Å². The summed E-state index contributed by atoms with van der Waals surface area (Å²) in [5.41, 5.74) is 3.76. The number of hydrogen-bond acceptors (Lipinski definition) is 6. The molecule has 2 aliphatic heterocycles. The number of benzene rings is 1. The Kier molecular flexibility index (Phi) is 7.87. The molecule has 0 spiro atoms. The molecule has 0 radical (unpaired) electrons. The topological polar surface area (TPSA) is 64.6 Å². The molecule has 0 saturated carbocycles. The second kappa shape index (κ2) is 10.6. The van der Waals surface area contributed by atoms with Crippen molar-refractivity contribution >= 4 is 39.8 Å². The van der Waals surface area contributed by atoms with Crippen molar-refractivity contribution in [3.05, 3.63) is 41.3 Å². The van der Waals surface area contributed by atoms with Crippen molar-refractivity contribution in [2.24, 2.45) is 0 Å². The fraction of sp³-hybridized carbons (Fsp3) is 0.522. The van der Waals surface area contributed by atoms with E-state index in [-0.39, 0.29) is 16.9 Å². The highest BCUT2D eigenvalue weighted by molar-refractivity contribution is 8.00. The number of rotatable bonds is 7. The van der Waals surface area contributed by atoms with Gasteiger partial charge < -0.3 is 4.74 Å². The van der Waals surface area contributed by atoms with Gasteiger partial charge in [-0.15, -0.1) is 23.1 Å². The molecule has 2 fully saturated rings. The molecular weight excluding hydrogens is 450 g/mol. The second-order valence-electron chi connectivity index (χ2n) is 8.06. The van der Waals surface area contributed by atoms with Gasteiger partial charge in [0.15, 0.2) is 6.29 Å². The third-order valence-electron chi connectivity index (χ3n) is 5.77. The van der Waals surface area contributed by atoms with E-state index < -0.39 is 10.8 Å². The average Bonchev–Trinajstić information content (AvgIpc) is 3.30. The first kappa shape index (κ1) is 23.0. The summed E-state index contributed by atoms with van der Waals surface area (Å²) in [6.07, 6.45) is 7.99. The van der Waals surface area contributed by atoms with E-state index in [9.17, 15) is 9.00 Å². The summed E-state index contributed by atoms with van der Waals surface area (Å²) in [6.45, 7) is 0.688. The minimum atomic E-state index is -0.975. The molecule has 8 heteroatoms. The highest BCUT2D eigenvalue weighted by Crippen LogP contribution is 2.50. The zero-order valence-electron chi connectivity index (χ0n) is 17.8. The van der Waals surface area contributed by atoms with Crippen LogP contribution in [0.5, 0.6) is 0 Å². The summed E-state index contributed by atoms with van der Waals surface area (Å²) in [5.74, 6) is 0.970. The van der Waals surface area contributed by atoms with Crippen LogP contribution in [-0.2, 0) is 29.9 Å². The summed E-state index contributed by atoms with van der Waals surface area (Å²) < 4.78 is 17.0. The van der Waals surface area contributed by atoms with Gasteiger partial charge in [0.05, 0.1) is 4.75 Å². The van der Waals surface area contributed by atoms with Crippen LogP contribution in [0.15, 0.2) is 41.3 Å². The van der Waals surface area contributed by atoms with Crippen molar-refractivity contribution in [2.75, 3.05) is 18.6 Å². The first-order chi connectivity index (χ1) is 15.1. The number of carbonyl (C=O) groups is 1. The highest BCUT2D eigenvalue weighted by Gasteiger charge is 2.38. The smallest absolute Gasteiger partial charge is 0.245 e. The second-order valence-corrected chi connectivity index (χ2v) is 12.0. The summed E-state index contributed by atoms with van der Waals surface area (Å²) in [6, 6.07) is 12.2. The Bertz CT molecular complexity index is 900. The van der Waals surface area contributed by atoms with Crippen molar-refractivity contribution in [3.8, 4) is 10.4 Å². The molecule has 3 heterocycles. The lowest BCUT2D eigenvalue weighted by molar-refractivity contribution is -0.200. The van der Waals surface area contributed by atoms with Crippen molar-refractivity contribution < 1.29 is 18.6 Å². The van der Waals surface area contributed by atoms with E-state index in [1.54, 1.807) is 17.6 Å². The van der Waals surface area contributed by atoms with Gasteiger partial charge in [-0.3, -0.25) is 9.00 Å². The summed E-state index contributed by atoms with van der Waals surface area (Å²) in [7, 11) is -0.975. The fourth-order valence-electron chi connectivity index (χ4n) is 4.05. The van der Waals surface area contributed by atoms with Gasteiger partial charge in [0.1, 0.15) is 0 Å². The normalized spacial score (nSPS) is 25.1. The molecule has 4 rings (SSSR count). The zero-order valence-corrected chi connectivity index (χ0v) is 20.2. The number of thiophene rings is 1. The van der Waals surface area contributed by atoms with E-state index in [1.165, 1.54) is 16.2 Å². The average molecular weight is 480 g/mol. The molecule has 2 saturated heterocycles. The lowest BCUT2D eigenvalue weighted by Crippen LogP contribution is -2.37. The van der Waals surface area contributed by atoms with Gasteiger partial charge in [0.25, 0.3) is 0 Å². The Balaban J connectivity index is 1.47. The number of ether oxygens (including phenoxy) is 1. The predicted molar refractivity (Wildman–Crippen MR) is 128 cm³/mol. The van der Waals surface area contributed by atoms with Gasteiger partial charge in [-0.25, -0.2) is 10.3 Å². The van der Waals surface area contributed by atoms with Crippen LogP contribution < -0.4 is 5.48 Å². The SMILES string of the molecule is CS(=O)c1ccc(-c2ccc([C@@]3(CC(=O)NOC4CCCCO4)CCCCS3)s2)cc1. The molecule has 1 aromatic carbocycles. The number of hydrogen-bond donors (Lipinski definition) is 1. The molecule has 3 atom stereocenters. The van der Waals surface area contributed by atoms with Gasteiger partial charge in [0.2, 0.25) is 5.91 Å². The van der Waals surface area contributed by atoms with Crippen molar-refractivity contribution in [3.63, 3.8) is 0 Å². The molecule has 2 aliphatic rings. The fourth-order valence-corrected chi connectivity index (χ4v) is 7.47. The highest BCUT2D eigenvalue weighted by atomic mass is 32.2. The van der Waals surface area contributed by atoms with Crippen LogP contribution in [0.4, 0.5) is 0 Å².